The molecule has 320 valence electrons. The highest BCUT2D eigenvalue weighted by molar-refractivity contribution is 6.06. The molecule has 3 amide bonds. The number of carbonyl (C=O) groups excluding carboxylic acids is 3. The molecule has 1 spiro atoms. The summed E-state index contributed by atoms with van der Waals surface area (Å²) in [7, 11) is 0. The number of piperidine rings is 2. The van der Waals surface area contributed by atoms with Crippen molar-refractivity contribution in [1.29, 1.82) is 0 Å². The molecule has 4 aromatic rings. The van der Waals surface area contributed by atoms with E-state index in [-0.39, 0.29) is 30.3 Å². The Hall–Kier alpha value is -5.22. The molecule has 1 aliphatic carbocycles. The van der Waals surface area contributed by atoms with Gasteiger partial charge in [0, 0.05) is 74.4 Å². The average Bonchev–Trinajstić information content (AvgIpc) is 3.85. The van der Waals surface area contributed by atoms with Crippen LogP contribution in [0.2, 0.25) is 0 Å². The molecule has 1 saturated carbocycles. The highest BCUT2D eigenvalue weighted by Crippen LogP contribution is 2.53. The van der Waals surface area contributed by atoms with Crippen molar-refractivity contribution >= 4 is 40.1 Å². The molecule has 2 aromatic carbocycles. The number of fused-ring (bicyclic) bond motifs is 8. The number of aromatic amines is 1. The maximum absolute atomic E-state index is 13.9. The van der Waals surface area contributed by atoms with Crippen LogP contribution in [-0.2, 0) is 22.6 Å². The van der Waals surface area contributed by atoms with E-state index in [4.69, 9.17) is 9.72 Å². The molecule has 2 aromatic heterocycles. The van der Waals surface area contributed by atoms with E-state index in [1.165, 1.54) is 12.8 Å². The van der Waals surface area contributed by atoms with E-state index in [0.29, 0.717) is 42.9 Å². The number of anilines is 2. The Balaban J connectivity index is 0.694. The first-order valence-corrected chi connectivity index (χ1v) is 21.8. The Morgan fingerprint density at radius 3 is 2.56 bits per heavy atom. The summed E-state index contributed by atoms with van der Waals surface area (Å²) in [5, 5.41) is 10.5. The van der Waals surface area contributed by atoms with E-state index >= 15 is 0 Å². The fraction of sp³-hybridized carbons (Fsp3) is 0.533. The van der Waals surface area contributed by atoms with Crippen LogP contribution in [0.3, 0.4) is 0 Å². The van der Waals surface area contributed by atoms with Gasteiger partial charge >= 0.3 is 6.18 Å². The summed E-state index contributed by atoms with van der Waals surface area (Å²) in [6.07, 6.45) is 4.97. The number of piperazine rings is 1. The molecule has 0 radical (unpaired) electrons. The van der Waals surface area contributed by atoms with Crippen molar-refractivity contribution in [1.82, 2.24) is 35.2 Å². The van der Waals surface area contributed by atoms with Crippen molar-refractivity contribution in [2.24, 2.45) is 11.3 Å². The van der Waals surface area contributed by atoms with E-state index in [2.05, 4.69) is 30.2 Å². The van der Waals surface area contributed by atoms with Gasteiger partial charge in [0.05, 0.1) is 42.6 Å². The molecular weight excluding hydrogens is 788 g/mol. The van der Waals surface area contributed by atoms with Gasteiger partial charge in [0.2, 0.25) is 11.8 Å². The molecule has 2 N–H and O–H groups in total. The summed E-state index contributed by atoms with van der Waals surface area (Å²) >= 11 is 0. The molecule has 7 aliphatic rings. The molecule has 3 saturated heterocycles. The quantitative estimate of drug-likeness (QED) is 0.250. The van der Waals surface area contributed by atoms with E-state index in [9.17, 15) is 27.6 Å². The Labute approximate surface area is 351 Å². The van der Waals surface area contributed by atoms with Crippen molar-refractivity contribution in [2.45, 2.75) is 88.8 Å². The van der Waals surface area contributed by atoms with Gasteiger partial charge in [-0.05, 0) is 97.7 Å². The lowest BCUT2D eigenvalue weighted by Crippen LogP contribution is -2.59. The number of benzene rings is 2. The van der Waals surface area contributed by atoms with Crippen LogP contribution in [-0.4, -0.2) is 124 Å². The van der Waals surface area contributed by atoms with Crippen molar-refractivity contribution < 1.29 is 32.3 Å². The van der Waals surface area contributed by atoms with E-state index in [0.717, 1.165) is 103 Å². The lowest BCUT2D eigenvalue weighted by molar-refractivity contribution is -0.155. The number of hydrogen-bond acceptors (Lipinski definition) is 10. The van der Waals surface area contributed by atoms with Crippen LogP contribution >= 0.6 is 0 Å². The number of hydrogen-bond donors (Lipinski definition) is 2. The minimum atomic E-state index is -4.33. The molecule has 0 unspecified atom stereocenters. The number of pyridine rings is 1. The SMILES string of the molecule is C[C@@H]1Cc2c(ccc3[nH]ncc23)[C@@H](c2ccc(N3CCC4(CC3)CC(CN3CCN5c6ccc7c(c6OC[C@H]5C3)CN([C@H]3CCC(=O)NC3=O)C7=O)C4)nc2)N1CC(F)(F)F. The zero-order valence-electron chi connectivity index (χ0n) is 34.2. The van der Waals surface area contributed by atoms with Gasteiger partial charge in [0.25, 0.3) is 5.91 Å². The number of ether oxygens (including phenoxy) is 1. The second-order valence-electron chi connectivity index (χ2n) is 18.7. The third-order valence-electron chi connectivity index (χ3n) is 15.0. The van der Waals surface area contributed by atoms with Gasteiger partial charge in [-0.25, -0.2) is 4.98 Å². The normalized spacial score (nSPS) is 26.8. The van der Waals surface area contributed by atoms with Crippen LogP contribution < -0.4 is 19.9 Å². The Morgan fingerprint density at radius 1 is 0.951 bits per heavy atom. The standard InChI is InChI=1S/C45H50F3N9O4/c1-26-16-32-30(3-5-35-33(32)20-50-52-35)40(57(26)25-45(46,47)48)28-2-8-38(49-19-28)54-12-10-44(11-13-54)17-27(18-44)21-53-14-15-55-29(22-53)24-61-41-34-23-56(37-7-9-39(58)51-42(37)59)43(60)31(34)4-6-36(41)55/h2-6,8,19-20,26-27,29,37,40H,7,9-18,21-25H2,1H3,(H,50,52)(H,51,58,59)/t26-,29-,37+,40-/m1/s1. The van der Waals surface area contributed by atoms with Gasteiger partial charge in [0.15, 0.2) is 0 Å². The molecule has 6 aliphatic heterocycles. The Bertz CT molecular complexity index is 2410. The van der Waals surface area contributed by atoms with Gasteiger partial charge in [-0.1, -0.05) is 12.1 Å². The number of alkyl halides is 3. The molecule has 11 rings (SSSR count). The zero-order valence-corrected chi connectivity index (χ0v) is 34.2. The van der Waals surface area contributed by atoms with Crippen LogP contribution in [0.4, 0.5) is 24.7 Å². The number of amides is 3. The highest BCUT2D eigenvalue weighted by atomic mass is 19.4. The Kier molecular flexibility index (Phi) is 9.15. The Morgan fingerprint density at radius 2 is 1.79 bits per heavy atom. The van der Waals surface area contributed by atoms with Crippen LogP contribution in [0.15, 0.2) is 48.8 Å². The van der Waals surface area contributed by atoms with Crippen molar-refractivity contribution in [3.05, 3.63) is 76.6 Å². The lowest BCUT2D eigenvalue weighted by Gasteiger charge is -2.54. The number of halogens is 3. The van der Waals surface area contributed by atoms with Crippen LogP contribution in [0.1, 0.15) is 84.1 Å². The topological polar surface area (TPSA) is 130 Å². The maximum atomic E-state index is 13.9. The van der Waals surface area contributed by atoms with E-state index in [1.807, 2.05) is 43.3 Å². The summed E-state index contributed by atoms with van der Waals surface area (Å²) in [4.78, 5) is 53.1. The zero-order chi connectivity index (χ0) is 41.8. The second-order valence-corrected chi connectivity index (χ2v) is 18.7. The van der Waals surface area contributed by atoms with Crippen LogP contribution in [0.5, 0.6) is 5.75 Å². The lowest BCUT2D eigenvalue weighted by atomic mass is 9.57. The minimum Gasteiger partial charge on any atom is -0.489 e. The number of aromatic nitrogens is 3. The smallest absolute Gasteiger partial charge is 0.401 e. The average molecular weight is 838 g/mol. The molecule has 16 heteroatoms. The highest BCUT2D eigenvalue weighted by Gasteiger charge is 2.48. The number of nitrogens with zero attached hydrogens (tertiary/aromatic N) is 7. The summed E-state index contributed by atoms with van der Waals surface area (Å²) in [5.74, 6) is 1.38. The van der Waals surface area contributed by atoms with Gasteiger partial charge in [-0.2, -0.15) is 18.3 Å². The van der Waals surface area contributed by atoms with Crippen molar-refractivity contribution in [3.63, 3.8) is 0 Å². The fourth-order valence-electron chi connectivity index (χ4n) is 12.0. The van der Waals surface area contributed by atoms with Gasteiger partial charge < -0.3 is 19.4 Å². The molecule has 4 atom stereocenters. The van der Waals surface area contributed by atoms with Gasteiger partial charge in [-0.15, -0.1) is 0 Å². The summed E-state index contributed by atoms with van der Waals surface area (Å²) in [6.45, 7) is 7.40. The monoisotopic (exact) mass is 837 g/mol. The van der Waals surface area contributed by atoms with E-state index in [1.54, 1.807) is 22.2 Å². The maximum Gasteiger partial charge on any atom is 0.401 e. The fourth-order valence-corrected chi connectivity index (χ4v) is 12.0. The number of H-pyrrole nitrogens is 1. The predicted octanol–water partition coefficient (Wildman–Crippen LogP) is 5.20. The first kappa shape index (κ1) is 38.7. The third kappa shape index (κ3) is 6.71. The van der Waals surface area contributed by atoms with Crippen molar-refractivity contribution in [2.75, 3.05) is 62.2 Å². The number of nitrogens with one attached hydrogen (secondary N) is 2. The summed E-state index contributed by atoms with van der Waals surface area (Å²) in [5.41, 5.74) is 6.36. The predicted molar refractivity (Wildman–Crippen MR) is 220 cm³/mol. The number of rotatable bonds is 6. The first-order valence-electron chi connectivity index (χ1n) is 21.8. The molecule has 8 heterocycles. The van der Waals surface area contributed by atoms with Gasteiger partial charge in [0.1, 0.15) is 24.2 Å². The minimum absolute atomic E-state index is 0.187. The molecular formula is C45H50F3N9O4. The third-order valence-corrected chi connectivity index (χ3v) is 15.0. The van der Waals surface area contributed by atoms with Crippen LogP contribution in [0.25, 0.3) is 10.9 Å². The van der Waals surface area contributed by atoms with Gasteiger partial charge in [-0.3, -0.25) is 34.6 Å². The first-order chi connectivity index (χ1) is 29.4. The molecule has 0 bridgehead atoms. The summed E-state index contributed by atoms with van der Waals surface area (Å²) in [6, 6.07) is 10.4. The molecule has 13 nitrogen and oxygen atoms in total. The van der Waals surface area contributed by atoms with E-state index < -0.39 is 30.7 Å². The summed E-state index contributed by atoms with van der Waals surface area (Å²) < 4.78 is 48.2. The number of imide groups is 1. The van der Waals surface area contributed by atoms with Crippen molar-refractivity contribution in [3.8, 4) is 5.75 Å². The largest absolute Gasteiger partial charge is 0.489 e. The molecule has 61 heavy (non-hydrogen) atoms. The molecule has 4 fully saturated rings. The van der Waals surface area contributed by atoms with Crippen LogP contribution in [0, 0.1) is 11.3 Å². The second kappa shape index (κ2) is 14.4. The number of carbonyl (C=O) groups is 3.